The molecule has 0 aliphatic rings. The van der Waals surface area contributed by atoms with Gasteiger partial charge in [-0.05, 0) is 85.6 Å². The van der Waals surface area contributed by atoms with Gasteiger partial charge >= 0.3 is 110 Å². The van der Waals surface area contributed by atoms with Crippen molar-refractivity contribution in [1.29, 1.82) is 0 Å². The number of nitrogens with zero attached hydrogens (tertiary/aromatic N) is 2. The summed E-state index contributed by atoms with van der Waals surface area (Å²) in [7, 11) is -1.33. The van der Waals surface area contributed by atoms with Gasteiger partial charge in [0.1, 0.15) is 5.69 Å². The van der Waals surface area contributed by atoms with Gasteiger partial charge in [-0.3, -0.25) is 4.79 Å². The zero-order valence-corrected chi connectivity index (χ0v) is 52.9. The van der Waals surface area contributed by atoms with Gasteiger partial charge in [0.2, 0.25) is 5.89 Å². The van der Waals surface area contributed by atoms with E-state index in [9.17, 15) is 0 Å². The first-order valence-electron chi connectivity index (χ1n) is 24.7. The Morgan fingerprint density at radius 3 is 1.26 bits per heavy atom. The first-order chi connectivity index (χ1) is 35.4. The van der Waals surface area contributed by atoms with Crippen LogP contribution in [0.5, 0.6) is 0 Å². The smallest absolute Gasteiger partial charge is 1.00 e. The molecule has 8 aromatic carbocycles. The fraction of sp³-hybridized carbons (Fsp3) is 0.188. The molecule has 2 heterocycles. The van der Waals surface area contributed by atoms with Crippen LogP contribution in [-0.2, 0) is 9.68 Å². The molecule has 0 atom stereocenters. The van der Waals surface area contributed by atoms with Gasteiger partial charge < -0.3 is 30.6 Å². The Hall–Kier alpha value is -4.11. The second-order valence-corrected chi connectivity index (χ2v) is 25.5. The number of carbonyl (C=O) groups excluding carboxylic acids is 1. The van der Waals surface area contributed by atoms with Crippen LogP contribution < -0.4 is 113 Å². The molecule has 8 nitrogen and oxygen atoms in total. The maximum atomic E-state index is 8.64. The molecule has 76 heavy (non-hydrogen) atoms. The van der Waals surface area contributed by atoms with E-state index in [-0.39, 0.29) is 119 Å². The van der Waals surface area contributed by atoms with Crippen molar-refractivity contribution >= 4 is 48.8 Å². The summed E-state index contributed by atoms with van der Waals surface area (Å²) in [5.74, 6) is 1.36. The number of fused-ring (bicyclic) bond motifs is 3. The Balaban J connectivity index is 0.000000367. The molecule has 378 valence electrons. The van der Waals surface area contributed by atoms with Crippen LogP contribution in [0.25, 0.3) is 83.8 Å². The Morgan fingerprint density at radius 1 is 0.513 bits per heavy atom. The molecule has 0 unspecified atom stereocenters. The zero-order valence-electron chi connectivity index (χ0n) is 46.7. The van der Waals surface area contributed by atoms with Crippen molar-refractivity contribution in [2.45, 2.75) is 77.8 Å². The van der Waals surface area contributed by atoms with Crippen LogP contribution in [0.2, 0.25) is 0 Å². The Morgan fingerprint density at radius 2 is 0.895 bits per heavy atom. The third kappa shape index (κ3) is 16.2. The van der Waals surface area contributed by atoms with Gasteiger partial charge in [0.25, 0.3) is 6.47 Å². The number of aromatic nitrogens is 2. The molecule has 2 aromatic heterocycles. The third-order valence-corrected chi connectivity index (χ3v) is 16.2. The fourth-order valence-corrected chi connectivity index (χ4v) is 16.4. The minimum absolute atomic E-state index is 0. The van der Waals surface area contributed by atoms with Crippen LogP contribution in [0.15, 0.2) is 217 Å². The minimum atomic E-state index is -1.34. The van der Waals surface area contributed by atoms with Crippen LogP contribution in [0.4, 0.5) is 0 Å². The molecule has 10 aromatic rings. The van der Waals surface area contributed by atoms with E-state index in [1.807, 2.05) is 42.5 Å². The van der Waals surface area contributed by atoms with E-state index >= 15 is 0 Å². The summed E-state index contributed by atoms with van der Waals surface area (Å²) in [6, 6.07) is 72.4. The summed E-state index contributed by atoms with van der Waals surface area (Å²) in [4.78, 5) is 16.3. The van der Waals surface area contributed by atoms with Crippen LogP contribution in [-0.4, -0.2) is 48.7 Å². The zero-order chi connectivity index (χ0) is 53.0. The van der Waals surface area contributed by atoms with E-state index < -0.39 is 7.12 Å². The summed E-state index contributed by atoms with van der Waals surface area (Å²) in [5.41, 5.74) is 12.4. The summed E-state index contributed by atoms with van der Waals surface area (Å²) in [6.45, 7) is 21.3. The number of rotatable bonds is 8. The Bertz CT molecular complexity index is 3190. The van der Waals surface area contributed by atoms with Crippen molar-refractivity contribution < 1.29 is 134 Å². The predicted octanol–water partition coefficient (Wildman–Crippen LogP) is 8.89. The molecule has 2 N–H and O–H groups in total. The summed E-state index contributed by atoms with van der Waals surface area (Å²) >= 11 is 0. The summed E-state index contributed by atoms with van der Waals surface area (Å²) in [5, 5.41) is 29.4. The van der Waals surface area contributed by atoms with Crippen LogP contribution in [0.3, 0.4) is 0 Å². The van der Waals surface area contributed by atoms with E-state index in [2.05, 4.69) is 217 Å². The van der Waals surface area contributed by atoms with Gasteiger partial charge in [0.05, 0.1) is 11.0 Å². The van der Waals surface area contributed by atoms with Gasteiger partial charge in [-0.1, -0.05) is 240 Å². The van der Waals surface area contributed by atoms with Crippen LogP contribution in [0.1, 0.15) is 63.7 Å². The molecule has 0 amide bonds. The van der Waals surface area contributed by atoms with Crippen molar-refractivity contribution in [2.75, 3.05) is 0 Å². The predicted molar refractivity (Wildman–Crippen MR) is 309 cm³/mol. The van der Waals surface area contributed by atoms with Gasteiger partial charge in [-0.25, -0.2) is 4.98 Å². The SMILES string of the molecule is CC(C)(C)P(C(C)(C)C)C(C)(C)C.O=CO[O-].OB(O)c1ccccc1.[H-].[K+].[K+].c1ccc(-c2ccc3c(c2)c2cc(-c4ccccc4)ccc2n3-c2cccc(-c3nc(-c4ccccc4)c(-c4ccccc4)o3)c2)cc1. The quantitative estimate of drug-likeness (QED) is 0.0513. The molecule has 0 saturated heterocycles. The molecule has 0 fully saturated rings. The van der Waals surface area contributed by atoms with E-state index in [0.717, 1.165) is 44.9 Å². The van der Waals surface area contributed by atoms with Gasteiger partial charge in [0.15, 0.2) is 5.76 Å². The van der Waals surface area contributed by atoms with E-state index in [4.69, 9.17) is 29.5 Å². The number of hydrogen-bond acceptors (Lipinski definition) is 7. The Kier molecular flexibility index (Phi) is 23.7. The summed E-state index contributed by atoms with van der Waals surface area (Å²) in [6.07, 6.45) is 0. The molecule has 0 radical (unpaired) electrons. The normalized spacial score (nSPS) is 11.1. The molecule has 0 bridgehead atoms. The largest absolute Gasteiger partial charge is 1.00 e. The number of oxazole rings is 1. The van der Waals surface area contributed by atoms with Crippen LogP contribution in [0, 0.1) is 0 Å². The van der Waals surface area contributed by atoms with Crippen molar-refractivity contribution in [1.82, 2.24) is 9.55 Å². The summed E-state index contributed by atoms with van der Waals surface area (Å²) < 4.78 is 8.96. The first kappa shape index (κ1) is 62.7. The van der Waals surface area contributed by atoms with Crippen LogP contribution >= 0.6 is 7.92 Å². The number of benzene rings is 8. The molecule has 12 heteroatoms. The average Bonchev–Trinajstić information content (AvgIpc) is 3.99. The van der Waals surface area contributed by atoms with E-state index in [0.29, 0.717) is 26.8 Å². The van der Waals surface area contributed by atoms with Gasteiger partial charge in [-0.2, -0.15) is 0 Å². The standard InChI is InChI=1S/C45H30N2O.C12H27P.C6H7BO2.CH2O3.2K.H/c1-5-14-31(15-6-1)35-24-26-41-39(29-35)40-30-36(32-16-7-2-8-17-32)25-27-42(40)47(41)38-23-13-22-37(28-38)45-46-43(33-18-9-3-10-19-33)44(48-45)34-20-11-4-12-21-34;1-10(2,3)13(11(4,5)6)12(7,8)9;8-7(9)6-4-2-1-3-5-6;2-1-4-3;;;/h1-30H;1-9H3;1-5,8-9H;1,3H;;;/q;;;;2*+1;-1/p-1. The molecule has 0 aliphatic heterocycles. The molecular formula is C64H66BK2N2O6P. The maximum absolute atomic E-state index is 8.64. The molecule has 0 spiro atoms. The first-order valence-corrected chi connectivity index (χ1v) is 26.1. The van der Waals surface area contributed by atoms with E-state index in [1.165, 1.54) is 33.0 Å². The van der Waals surface area contributed by atoms with Gasteiger partial charge in [-0.15, -0.1) is 0 Å². The minimum Gasteiger partial charge on any atom is -1.00 e. The molecule has 0 saturated carbocycles. The Labute approximate surface area is 537 Å². The van der Waals surface area contributed by atoms with Crippen molar-refractivity contribution in [3.8, 4) is 62.0 Å². The topological polar surface area (TPSA) is 121 Å². The van der Waals surface area contributed by atoms with Crippen molar-refractivity contribution in [2.24, 2.45) is 0 Å². The molecule has 10 rings (SSSR count). The maximum Gasteiger partial charge on any atom is 1.00 e. The molecule has 0 aliphatic carbocycles. The van der Waals surface area contributed by atoms with Gasteiger partial charge in [0, 0.05) is 33.2 Å². The molecular weight excluding hydrogens is 1010 g/mol. The fourth-order valence-electron chi connectivity index (χ4n) is 10.4. The average molecular weight is 1080 g/mol. The third-order valence-electron chi connectivity index (χ3n) is 12.2. The number of hydrogen-bond donors (Lipinski definition) is 2. The van der Waals surface area contributed by atoms with E-state index in [1.54, 1.807) is 24.3 Å². The monoisotopic (exact) mass is 1080 g/mol. The van der Waals surface area contributed by atoms with Crippen molar-refractivity contribution in [3.05, 3.63) is 212 Å². The second kappa shape index (κ2) is 28.7. The second-order valence-electron chi connectivity index (χ2n) is 20.8. The number of carbonyl (C=O) groups is 1. The van der Waals surface area contributed by atoms with Crippen molar-refractivity contribution in [3.63, 3.8) is 0 Å².